The van der Waals surface area contributed by atoms with E-state index in [0.29, 0.717) is 0 Å². The van der Waals surface area contributed by atoms with Crippen LogP contribution < -0.4 is 0 Å². The van der Waals surface area contributed by atoms with E-state index >= 15 is 0 Å². The molecule has 1 saturated carbocycles. The molecule has 1 rings (SSSR count). The van der Waals surface area contributed by atoms with E-state index < -0.39 is 0 Å². The van der Waals surface area contributed by atoms with Gasteiger partial charge in [0.05, 0.1) is 0 Å². The normalized spacial score (nSPS) is 34.0. The van der Waals surface area contributed by atoms with E-state index in [4.69, 9.17) is 0 Å². The van der Waals surface area contributed by atoms with E-state index in [1.54, 1.807) is 5.92 Å². The van der Waals surface area contributed by atoms with Gasteiger partial charge >= 0.3 is 0 Å². The minimum absolute atomic E-state index is 0.894. The highest BCUT2D eigenvalue weighted by Gasteiger charge is 2.03. The molecular formula is C6H10-2. The molecule has 0 spiro atoms. The Balaban J connectivity index is 2.09. The van der Waals surface area contributed by atoms with Crippen LogP contribution in [0.2, 0.25) is 0 Å². The predicted molar refractivity (Wildman–Crippen MR) is 27.0 cm³/mol. The highest BCUT2D eigenvalue weighted by molar-refractivity contribution is 5.14. The van der Waals surface area contributed by atoms with Crippen LogP contribution >= 0.6 is 0 Å². The van der Waals surface area contributed by atoms with E-state index in [9.17, 15) is 0 Å². The average molecular weight is 82.1 g/mol. The van der Waals surface area contributed by atoms with Gasteiger partial charge in [0.1, 0.15) is 0 Å². The van der Waals surface area contributed by atoms with Crippen molar-refractivity contribution in [3.63, 3.8) is 0 Å². The number of rotatable bonds is 1. The fraction of sp³-hybridized carbons (Fsp3) is 0.667. The van der Waals surface area contributed by atoms with Crippen LogP contribution in [-0.4, -0.2) is 0 Å². The van der Waals surface area contributed by atoms with Crippen LogP contribution in [0.4, 0.5) is 0 Å². The molecule has 0 radical (unpaired) electrons. The second-order valence-corrected chi connectivity index (χ2v) is 1.99. The Morgan fingerprint density at radius 3 is 2.33 bits per heavy atom. The van der Waals surface area contributed by atoms with Gasteiger partial charge in [0.2, 0.25) is 0 Å². The van der Waals surface area contributed by atoms with Gasteiger partial charge in [0.15, 0.2) is 0 Å². The Hall–Kier alpha value is 0. The highest BCUT2D eigenvalue weighted by Crippen LogP contribution is 2.41. The first-order valence-electron chi connectivity index (χ1n) is 2.46. The summed E-state index contributed by atoms with van der Waals surface area (Å²) in [5, 5.41) is 0. The second kappa shape index (κ2) is 1.25. The first-order chi connectivity index (χ1) is 2.84. The summed E-state index contributed by atoms with van der Waals surface area (Å²) in [5.41, 5.74) is 0. The zero-order valence-corrected chi connectivity index (χ0v) is 4.36. The zero-order valence-electron chi connectivity index (χ0n) is 4.36. The van der Waals surface area contributed by atoms with Gasteiger partial charge in [-0.05, 0) is 0 Å². The number of hydrogen-bond donors (Lipinski definition) is 0. The monoisotopic (exact) mass is 82.1 g/mol. The lowest BCUT2D eigenvalue weighted by Gasteiger charge is -2.06. The van der Waals surface area contributed by atoms with Gasteiger partial charge in [-0.2, -0.15) is 13.8 Å². The summed E-state index contributed by atoms with van der Waals surface area (Å²) >= 11 is 0. The minimum atomic E-state index is 0.894. The summed E-state index contributed by atoms with van der Waals surface area (Å²) < 4.78 is 0. The van der Waals surface area contributed by atoms with Gasteiger partial charge in [-0.1, -0.05) is 0 Å². The largest absolute Gasteiger partial charge is 0.360 e. The fourth-order valence-electron chi connectivity index (χ4n) is 0.690. The molecule has 6 heavy (non-hydrogen) atoms. The van der Waals surface area contributed by atoms with Gasteiger partial charge in [0, 0.05) is 0 Å². The van der Waals surface area contributed by atoms with Gasteiger partial charge in [-0.15, -0.1) is 0 Å². The third-order valence-corrected chi connectivity index (χ3v) is 1.42. The Morgan fingerprint density at radius 2 is 2.33 bits per heavy atom. The molecule has 1 atom stereocenters. The van der Waals surface area contributed by atoms with E-state index in [-0.39, 0.29) is 0 Å². The third kappa shape index (κ3) is 0.562. The first kappa shape index (κ1) is 4.17. The minimum Gasteiger partial charge on any atom is -0.360 e. The molecule has 0 saturated heterocycles. The third-order valence-electron chi connectivity index (χ3n) is 1.42. The first-order valence-corrected chi connectivity index (χ1v) is 2.46. The van der Waals surface area contributed by atoms with Gasteiger partial charge < -0.3 is 18.3 Å². The summed E-state index contributed by atoms with van der Waals surface area (Å²) in [4.78, 5) is 0. The maximum atomic E-state index is 2.26. The van der Waals surface area contributed by atoms with Crippen molar-refractivity contribution >= 4 is 0 Å². The summed E-state index contributed by atoms with van der Waals surface area (Å²) in [6, 6.07) is 0. The van der Waals surface area contributed by atoms with Crippen molar-refractivity contribution in [3.05, 3.63) is 12.3 Å². The Kier molecular flexibility index (Phi) is 0.868. The Bertz CT molecular complexity index is 46.0. The molecule has 0 N–H and O–H groups in total. The lowest BCUT2D eigenvalue weighted by Crippen LogP contribution is -1.68. The summed E-state index contributed by atoms with van der Waals surface area (Å²) in [7, 11) is 0. The van der Waals surface area contributed by atoms with Crippen LogP contribution in [0.3, 0.4) is 0 Å². The molecule has 0 bridgehead atoms. The molecule has 0 aromatic carbocycles. The SMILES string of the molecule is C[CH-]C1C[C-]1C. The van der Waals surface area contributed by atoms with Crippen molar-refractivity contribution in [2.24, 2.45) is 5.92 Å². The summed E-state index contributed by atoms with van der Waals surface area (Å²) in [5.74, 6) is 2.54. The lowest BCUT2D eigenvalue weighted by molar-refractivity contribution is 1.01. The smallest absolute Gasteiger partial charge is 0.191 e. The van der Waals surface area contributed by atoms with Crippen LogP contribution in [0, 0.1) is 18.3 Å². The molecule has 0 aromatic heterocycles. The zero-order chi connectivity index (χ0) is 4.57. The molecule has 36 valence electrons. The van der Waals surface area contributed by atoms with Crippen LogP contribution in [0.25, 0.3) is 0 Å². The van der Waals surface area contributed by atoms with Gasteiger partial charge in [-0.3, -0.25) is 0 Å². The second-order valence-electron chi connectivity index (χ2n) is 1.99. The van der Waals surface area contributed by atoms with Crippen LogP contribution in [0.5, 0.6) is 0 Å². The van der Waals surface area contributed by atoms with Crippen LogP contribution in [0.15, 0.2) is 0 Å². The molecule has 0 heteroatoms. The topological polar surface area (TPSA) is 0 Å². The van der Waals surface area contributed by atoms with E-state index in [0.717, 1.165) is 5.92 Å². The van der Waals surface area contributed by atoms with Crippen LogP contribution in [0.1, 0.15) is 20.3 Å². The van der Waals surface area contributed by atoms with Crippen molar-refractivity contribution in [2.75, 3.05) is 0 Å². The van der Waals surface area contributed by atoms with E-state index in [2.05, 4.69) is 20.3 Å². The average Bonchev–Trinajstić information content (AvgIpc) is 2.19. The predicted octanol–water partition coefficient (Wildman–Crippen LogP) is 1.82. The quantitative estimate of drug-likeness (QED) is 0.423. The van der Waals surface area contributed by atoms with Crippen LogP contribution in [-0.2, 0) is 0 Å². The molecule has 0 aliphatic heterocycles. The maximum Gasteiger partial charge on any atom is -0.191 e. The fourth-order valence-corrected chi connectivity index (χ4v) is 0.690. The Morgan fingerprint density at radius 1 is 1.83 bits per heavy atom. The van der Waals surface area contributed by atoms with Crippen molar-refractivity contribution in [2.45, 2.75) is 20.3 Å². The van der Waals surface area contributed by atoms with E-state index in [1.807, 2.05) is 0 Å². The maximum absolute atomic E-state index is 2.26. The standard InChI is InChI=1S/C6H10/c1-3-6-4-5(6)2/h3,6H,4H2,1-2H3/q-2. The summed E-state index contributed by atoms with van der Waals surface area (Å²) in [6.45, 7) is 4.34. The van der Waals surface area contributed by atoms with Crippen molar-refractivity contribution < 1.29 is 0 Å². The molecule has 1 fully saturated rings. The van der Waals surface area contributed by atoms with Gasteiger partial charge in [-0.25, -0.2) is 6.42 Å². The molecule has 0 aromatic rings. The van der Waals surface area contributed by atoms with Gasteiger partial charge in [0.25, 0.3) is 0 Å². The molecule has 0 amide bonds. The molecule has 1 aliphatic carbocycles. The Labute approximate surface area is 39.6 Å². The molecule has 1 unspecified atom stereocenters. The lowest BCUT2D eigenvalue weighted by atomic mass is 10.3. The molecular weight excluding hydrogens is 72.1 g/mol. The van der Waals surface area contributed by atoms with Crippen molar-refractivity contribution in [3.8, 4) is 0 Å². The molecule has 0 heterocycles. The number of hydrogen-bond acceptors (Lipinski definition) is 0. The molecule has 0 nitrogen and oxygen atoms in total. The highest BCUT2D eigenvalue weighted by atomic mass is 14.3. The van der Waals surface area contributed by atoms with Crippen molar-refractivity contribution in [1.29, 1.82) is 0 Å². The van der Waals surface area contributed by atoms with Crippen molar-refractivity contribution in [1.82, 2.24) is 0 Å². The summed E-state index contributed by atoms with van der Waals surface area (Å²) in [6.07, 6.45) is 3.62. The van der Waals surface area contributed by atoms with E-state index in [1.165, 1.54) is 6.42 Å². The molecule has 1 aliphatic rings.